The zero-order valence-electron chi connectivity index (χ0n) is 17.1. The smallest absolute Gasteiger partial charge is 0.320 e. The molecule has 182 valence electrons. The van der Waals surface area contributed by atoms with Crippen molar-refractivity contribution in [1.29, 1.82) is 0 Å². The Morgan fingerprint density at radius 2 is 1.55 bits per heavy atom. The molecule has 0 unspecified atom stereocenters. The summed E-state index contributed by atoms with van der Waals surface area (Å²) in [7, 11) is -3.57. The Hall–Kier alpha value is -2.81. The molecule has 15 heteroatoms. The Balaban J connectivity index is 1.65. The fourth-order valence-electron chi connectivity index (χ4n) is 3.29. The number of halogens is 6. The third-order valence-electron chi connectivity index (χ3n) is 4.77. The molecule has 1 amide bonds. The van der Waals surface area contributed by atoms with E-state index in [1.807, 2.05) is 0 Å². The molecule has 0 atom stereocenters. The highest BCUT2D eigenvalue weighted by Gasteiger charge is 2.37. The van der Waals surface area contributed by atoms with Crippen LogP contribution >= 0.6 is 0 Å². The van der Waals surface area contributed by atoms with Gasteiger partial charge in [-0.05, 0) is 23.8 Å². The van der Waals surface area contributed by atoms with Gasteiger partial charge in [0.05, 0.1) is 17.4 Å². The van der Waals surface area contributed by atoms with Crippen molar-refractivity contribution >= 4 is 21.9 Å². The lowest BCUT2D eigenvalue weighted by atomic mass is 10.0. The zero-order valence-corrected chi connectivity index (χ0v) is 17.9. The summed E-state index contributed by atoms with van der Waals surface area (Å²) in [6.45, 7) is 0.564. The second-order valence-electron chi connectivity index (χ2n) is 7.48. The Bertz CT molecular complexity index is 1090. The number of carbonyl (C=O) groups is 1. The van der Waals surface area contributed by atoms with Gasteiger partial charge >= 0.3 is 18.4 Å². The summed E-state index contributed by atoms with van der Waals surface area (Å²) in [5.41, 5.74) is -2.89. The molecule has 2 aromatic rings. The van der Waals surface area contributed by atoms with E-state index < -0.39 is 39.5 Å². The quantitative estimate of drug-likeness (QED) is 0.654. The summed E-state index contributed by atoms with van der Waals surface area (Å²) >= 11 is 0. The van der Waals surface area contributed by atoms with E-state index in [9.17, 15) is 39.6 Å². The standard InChI is InChI=1S/C18H19F6N5O3S/c1-33(31,32)26-15-2-3-29(25-15)16(30)28-6-4-27(5-7-28)11-12-8-13(17(19,20)21)10-14(9-12)18(22,23)24/h2-3,8-10H,4-7,11H2,1H3,(H,25,26). The van der Waals surface area contributed by atoms with Gasteiger partial charge in [0.15, 0.2) is 5.82 Å². The molecule has 0 aliphatic carbocycles. The zero-order chi connectivity index (χ0) is 24.6. The van der Waals surface area contributed by atoms with E-state index in [1.54, 1.807) is 4.90 Å². The second-order valence-corrected chi connectivity index (χ2v) is 9.23. The van der Waals surface area contributed by atoms with Crippen molar-refractivity contribution < 1.29 is 39.6 Å². The largest absolute Gasteiger partial charge is 0.416 e. The van der Waals surface area contributed by atoms with Crippen LogP contribution in [0.25, 0.3) is 0 Å². The molecule has 0 saturated carbocycles. The molecule has 1 fully saturated rings. The van der Waals surface area contributed by atoms with E-state index in [1.165, 1.54) is 17.2 Å². The van der Waals surface area contributed by atoms with E-state index in [-0.39, 0.29) is 50.2 Å². The molecular weight excluding hydrogens is 480 g/mol. The van der Waals surface area contributed by atoms with Gasteiger partial charge in [-0.15, -0.1) is 5.10 Å². The summed E-state index contributed by atoms with van der Waals surface area (Å²) in [5.74, 6) is -0.0468. The molecule has 1 aliphatic rings. The number of sulfonamides is 1. The lowest BCUT2D eigenvalue weighted by Crippen LogP contribution is -2.49. The van der Waals surface area contributed by atoms with Crippen LogP contribution in [0.5, 0.6) is 0 Å². The van der Waals surface area contributed by atoms with Crippen molar-refractivity contribution in [3.8, 4) is 0 Å². The van der Waals surface area contributed by atoms with Crippen LogP contribution in [0.15, 0.2) is 30.5 Å². The second kappa shape index (κ2) is 8.85. The number of benzene rings is 1. The van der Waals surface area contributed by atoms with Crippen molar-refractivity contribution in [3.05, 3.63) is 47.2 Å². The van der Waals surface area contributed by atoms with E-state index in [4.69, 9.17) is 0 Å². The lowest BCUT2D eigenvalue weighted by molar-refractivity contribution is -0.143. The lowest BCUT2D eigenvalue weighted by Gasteiger charge is -2.34. The maximum absolute atomic E-state index is 13.0. The van der Waals surface area contributed by atoms with Gasteiger partial charge in [0, 0.05) is 45.0 Å². The summed E-state index contributed by atoms with van der Waals surface area (Å²) in [5, 5.41) is 3.83. The number of nitrogens with zero attached hydrogens (tertiary/aromatic N) is 4. The first-order valence-electron chi connectivity index (χ1n) is 9.45. The number of piperazine rings is 1. The number of nitrogens with one attached hydrogen (secondary N) is 1. The van der Waals surface area contributed by atoms with Crippen molar-refractivity contribution in [2.45, 2.75) is 18.9 Å². The predicted octanol–water partition coefficient (Wildman–Crippen LogP) is 3.08. The van der Waals surface area contributed by atoms with Gasteiger partial charge in [0.1, 0.15) is 0 Å². The van der Waals surface area contributed by atoms with Gasteiger partial charge in [0.25, 0.3) is 0 Å². The van der Waals surface area contributed by atoms with Crippen LogP contribution in [0.3, 0.4) is 0 Å². The molecule has 0 radical (unpaired) electrons. The van der Waals surface area contributed by atoms with Crippen LogP contribution in [0.1, 0.15) is 16.7 Å². The van der Waals surface area contributed by atoms with Crippen LogP contribution in [-0.4, -0.2) is 66.5 Å². The number of anilines is 1. The highest BCUT2D eigenvalue weighted by molar-refractivity contribution is 7.92. The summed E-state index contributed by atoms with van der Waals surface area (Å²) in [6.07, 6.45) is -7.65. The fraction of sp³-hybridized carbons (Fsp3) is 0.444. The summed E-state index contributed by atoms with van der Waals surface area (Å²) < 4.78 is 104. The first-order chi connectivity index (χ1) is 15.1. The molecule has 0 bridgehead atoms. The van der Waals surface area contributed by atoms with Crippen molar-refractivity contribution in [1.82, 2.24) is 19.6 Å². The number of rotatable bonds is 4. The number of hydrogen-bond donors (Lipinski definition) is 1. The number of amides is 1. The summed E-state index contributed by atoms with van der Waals surface area (Å²) in [4.78, 5) is 15.6. The number of hydrogen-bond acceptors (Lipinski definition) is 5. The SMILES string of the molecule is CS(=O)(=O)Nc1ccn(C(=O)N2CCN(Cc3cc(C(F)(F)F)cc(C(F)(F)F)c3)CC2)n1. The molecule has 1 aliphatic heterocycles. The highest BCUT2D eigenvalue weighted by atomic mass is 32.2. The van der Waals surface area contributed by atoms with Crippen LogP contribution in [0.2, 0.25) is 0 Å². The molecule has 2 heterocycles. The van der Waals surface area contributed by atoms with Crippen molar-refractivity contribution in [2.75, 3.05) is 37.2 Å². The third kappa shape index (κ3) is 6.60. The highest BCUT2D eigenvalue weighted by Crippen LogP contribution is 2.36. The van der Waals surface area contributed by atoms with Crippen LogP contribution in [-0.2, 0) is 28.9 Å². The third-order valence-corrected chi connectivity index (χ3v) is 5.35. The average Bonchev–Trinajstić information content (AvgIpc) is 3.13. The van der Waals surface area contributed by atoms with Gasteiger partial charge in [0.2, 0.25) is 10.0 Å². The van der Waals surface area contributed by atoms with Crippen molar-refractivity contribution in [2.24, 2.45) is 0 Å². The van der Waals surface area contributed by atoms with Gasteiger partial charge in [-0.1, -0.05) is 0 Å². The first-order valence-corrected chi connectivity index (χ1v) is 11.3. The molecule has 3 rings (SSSR count). The molecule has 33 heavy (non-hydrogen) atoms. The van der Waals surface area contributed by atoms with E-state index >= 15 is 0 Å². The maximum Gasteiger partial charge on any atom is 0.416 e. The van der Waals surface area contributed by atoms with Crippen LogP contribution in [0, 0.1) is 0 Å². The molecule has 0 spiro atoms. The number of alkyl halides is 6. The minimum atomic E-state index is -4.92. The maximum atomic E-state index is 13.0. The average molecular weight is 499 g/mol. The van der Waals surface area contributed by atoms with Gasteiger partial charge < -0.3 is 4.90 Å². The number of aromatic nitrogens is 2. The van der Waals surface area contributed by atoms with Crippen LogP contribution < -0.4 is 4.72 Å². The molecule has 1 saturated heterocycles. The summed E-state index contributed by atoms with van der Waals surface area (Å²) in [6, 6.07) is 2.20. The van der Waals surface area contributed by atoms with Gasteiger partial charge in [-0.25, -0.2) is 13.2 Å². The van der Waals surface area contributed by atoms with Crippen LogP contribution in [0.4, 0.5) is 37.0 Å². The minimum absolute atomic E-state index is 0.0468. The van der Waals surface area contributed by atoms with Gasteiger partial charge in [-0.2, -0.15) is 31.0 Å². The first kappa shape index (κ1) is 24.8. The predicted molar refractivity (Wildman–Crippen MR) is 105 cm³/mol. The molecular formula is C18H19F6N5O3S. The molecule has 1 aromatic heterocycles. The fourth-order valence-corrected chi connectivity index (χ4v) is 3.77. The molecule has 1 aromatic carbocycles. The Morgan fingerprint density at radius 1 is 1.00 bits per heavy atom. The Kier molecular flexibility index (Phi) is 6.66. The Morgan fingerprint density at radius 3 is 2.03 bits per heavy atom. The van der Waals surface area contributed by atoms with E-state index in [0.717, 1.165) is 10.9 Å². The van der Waals surface area contributed by atoms with Crippen molar-refractivity contribution in [3.63, 3.8) is 0 Å². The minimum Gasteiger partial charge on any atom is -0.320 e. The molecule has 1 N–H and O–H groups in total. The van der Waals surface area contributed by atoms with Gasteiger partial charge in [-0.3, -0.25) is 9.62 Å². The topological polar surface area (TPSA) is 87.5 Å². The Labute approximate surface area is 184 Å². The van der Waals surface area contributed by atoms with E-state index in [2.05, 4.69) is 9.82 Å². The molecule has 8 nitrogen and oxygen atoms in total. The number of carbonyl (C=O) groups excluding carboxylic acids is 1. The normalized spacial score (nSPS) is 16.2. The monoisotopic (exact) mass is 499 g/mol. The van der Waals surface area contributed by atoms with E-state index in [0.29, 0.717) is 12.1 Å².